The van der Waals surface area contributed by atoms with Gasteiger partial charge in [0.25, 0.3) is 5.91 Å². The van der Waals surface area contributed by atoms with Gasteiger partial charge in [-0.3, -0.25) is 4.79 Å². The van der Waals surface area contributed by atoms with Crippen molar-refractivity contribution in [2.75, 3.05) is 0 Å². The zero-order valence-corrected chi connectivity index (χ0v) is 13.0. The smallest absolute Gasteiger partial charge is 0.330 e. The number of fused-ring (bicyclic) bond motifs is 1. The van der Waals surface area contributed by atoms with Crippen molar-refractivity contribution in [3.63, 3.8) is 0 Å². The molecule has 0 saturated carbocycles. The van der Waals surface area contributed by atoms with Crippen molar-refractivity contribution in [3.8, 4) is 0 Å². The fourth-order valence-corrected chi connectivity index (χ4v) is 2.83. The molecule has 1 aliphatic rings. The number of carboxylic acid groups (broad SMARTS) is 1. The number of carbonyl (C=O) groups excluding carboxylic acids is 1. The molecule has 23 heavy (non-hydrogen) atoms. The van der Waals surface area contributed by atoms with E-state index >= 15 is 0 Å². The summed E-state index contributed by atoms with van der Waals surface area (Å²) in [4.78, 5) is 23.9. The Kier molecular flexibility index (Phi) is 4.34. The molecule has 0 fully saturated rings. The first kappa shape index (κ1) is 15.6. The molecule has 0 aliphatic heterocycles. The van der Waals surface area contributed by atoms with Crippen molar-refractivity contribution < 1.29 is 19.2 Å². The van der Waals surface area contributed by atoms with Crippen LogP contribution < -0.4 is 5.32 Å². The molecule has 1 unspecified atom stereocenters. The number of aromatic nitrogens is 1. The summed E-state index contributed by atoms with van der Waals surface area (Å²) in [6.07, 6.45) is 3.45. The highest BCUT2D eigenvalue weighted by molar-refractivity contribution is 6.30. The molecule has 2 N–H and O–H groups in total. The lowest BCUT2D eigenvalue weighted by Crippen LogP contribution is -2.34. The number of halogens is 1. The first-order chi connectivity index (χ1) is 11.1. The number of rotatable bonds is 4. The molecule has 1 amide bonds. The predicted octanol–water partition coefficient (Wildman–Crippen LogP) is 2.76. The Balaban J connectivity index is 1.83. The van der Waals surface area contributed by atoms with Crippen LogP contribution in [0.1, 0.15) is 46.3 Å². The average Bonchev–Trinajstić information content (AvgIpc) is 2.97. The molecule has 3 rings (SSSR count). The second kappa shape index (κ2) is 6.42. The molecule has 7 heteroatoms. The SMILES string of the molecule is O=C(NC(C(=O)O)c1ccc(Cl)cc1)c1noc2c1CCCC2. The van der Waals surface area contributed by atoms with Gasteiger partial charge in [0.05, 0.1) is 0 Å². The van der Waals surface area contributed by atoms with Crippen molar-refractivity contribution >= 4 is 23.5 Å². The third kappa shape index (κ3) is 3.22. The molecular formula is C16H15ClN2O4. The van der Waals surface area contributed by atoms with Crippen molar-refractivity contribution in [2.24, 2.45) is 0 Å². The Morgan fingerprint density at radius 1 is 1.22 bits per heavy atom. The Labute approximate surface area is 137 Å². The van der Waals surface area contributed by atoms with Crippen LogP contribution in [0.3, 0.4) is 0 Å². The Morgan fingerprint density at radius 2 is 1.91 bits per heavy atom. The van der Waals surface area contributed by atoms with E-state index < -0.39 is 17.9 Å². The molecule has 0 radical (unpaired) electrons. The van der Waals surface area contributed by atoms with Crippen LogP contribution in [0.15, 0.2) is 28.8 Å². The minimum atomic E-state index is -1.17. The van der Waals surface area contributed by atoms with Gasteiger partial charge >= 0.3 is 5.97 Å². The molecule has 1 atom stereocenters. The van der Waals surface area contributed by atoms with Crippen LogP contribution in [0.5, 0.6) is 0 Å². The third-order valence-electron chi connectivity index (χ3n) is 3.89. The van der Waals surface area contributed by atoms with Gasteiger partial charge in [0.2, 0.25) is 0 Å². The fourth-order valence-electron chi connectivity index (χ4n) is 2.71. The minimum Gasteiger partial charge on any atom is -0.479 e. The summed E-state index contributed by atoms with van der Waals surface area (Å²) in [6, 6.07) is 5.13. The van der Waals surface area contributed by atoms with Crippen LogP contribution in [-0.4, -0.2) is 22.1 Å². The van der Waals surface area contributed by atoms with Gasteiger partial charge in [0, 0.05) is 17.0 Å². The second-order valence-corrected chi connectivity index (χ2v) is 5.87. The molecule has 0 saturated heterocycles. The number of aliphatic carboxylic acids is 1. The monoisotopic (exact) mass is 334 g/mol. The zero-order chi connectivity index (χ0) is 16.4. The van der Waals surface area contributed by atoms with Crippen molar-refractivity contribution in [1.82, 2.24) is 10.5 Å². The third-order valence-corrected chi connectivity index (χ3v) is 4.14. The van der Waals surface area contributed by atoms with Crippen molar-refractivity contribution in [3.05, 3.63) is 51.9 Å². The lowest BCUT2D eigenvalue weighted by atomic mass is 9.96. The number of aryl methyl sites for hydroxylation is 1. The average molecular weight is 335 g/mol. The molecule has 1 heterocycles. The number of amides is 1. The first-order valence-electron chi connectivity index (χ1n) is 7.33. The highest BCUT2D eigenvalue weighted by atomic mass is 35.5. The summed E-state index contributed by atoms with van der Waals surface area (Å²) in [5.74, 6) is -0.975. The minimum absolute atomic E-state index is 0.180. The molecule has 0 spiro atoms. The maximum atomic E-state index is 12.4. The Hall–Kier alpha value is -2.34. The van der Waals surface area contributed by atoms with Crippen LogP contribution in [0.25, 0.3) is 0 Å². The van der Waals surface area contributed by atoms with Crippen LogP contribution in [0.4, 0.5) is 0 Å². The van der Waals surface area contributed by atoms with E-state index in [0.29, 0.717) is 10.6 Å². The molecular weight excluding hydrogens is 320 g/mol. The fraction of sp³-hybridized carbons (Fsp3) is 0.312. The van der Waals surface area contributed by atoms with Gasteiger partial charge < -0.3 is 14.9 Å². The molecule has 2 aromatic rings. The maximum Gasteiger partial charge on any atom is 0.330 e. The van der Waals surface area contributed by atoms with Crippen LogP contribution in [0.2, 0.25) is 5.02 Å². The van der Waals surface area contributed by atoms with E-state index in [2.05, 4.69) is 10.5 Å². The standard InChI is InChI=1S/C16H15ClN2O4/c17-10-7-5-9(6-8-10)13(16(21)22)18-15(20)14-11-3-1-2-4-12(11)23-19-14/h5-8,13H,1-4H2,(H,18,20)(H,21,22). The van der Waals surface area contributed by atoms with Gasteiger partial charge in [-0.2, -0.15) is 0 Å². The summed E-state index contributed by atoms with van der Waals surface area (Å²) < 4.78 is 5.20. The number of hydrogen-bond acceptors (Lipinski definition) is 4. The predicted molar refractivity (Wildman–Crippen MR) is 82.4 cm³/mol. The summed E-state index contributed by atoms with van der Waals surface area (Å²) in [5.41, 5.74) is 1.40. The van der Waals surface area contributed by atoms with Gasteiger partial charge in [-0.1, -0.05) is 28.9 Å². The van der Waals surface area contributed by atoms with E-state index in [1.54, 1.807) is 24.3 Å². The van der Waals surface area contributed by atoms with Crippen LogP contribution in [0, 0.1) is 0 Å². The number of benzene rings is 1. The second-order valence-electron chi connectivity index (χ2n) is 5.44. The van der Waals surface area contributed by atoms with Crippen molar-refractivity contribution in [2.45, 2.75) is 31.7 Å². The van der Waals surface area contributed by atoms with Crippen molar-refractivity contribution in [1.29, 1.82) is 0 Å². The highest BCUT2D eigenvalue weighted by Gasteiger charge is 2.28. The number of nitrogens with one attached hydrogen (secondary N) is 1. The van der Waals surface area contributed by atoms with Gasteiger partial charge in [-0.05, 0) is 37.0 Å². The number of hydrogen-bond donors (Lipinski definition) is 2. The molecule has 1 aliphatic carbocycles. The van der Waals surface area contributed by atoms with Gasteiger partial charge in [0.15, 0.2) is 11.7 Å². The normalized spacial score (nSPS) is 14.8. The Bertz CT molecular complexity index is 739. The van der Waals surface area contributed by atoms with Crippen LogP contribution in [-0.2, 0) is 17.6 Å². The van der Waals surface area contributed by atoms with E-state index in [1.807, 2.05) is 0 Å². The van der Waals surface area contributed by atoms with E-state index in [-0.39, 0.29) is 5.69 Å². The molecule has 6 nitrogen and oxygen atoms in total. The molecule has 1 aromatic heterocycles. The number of carboxylic acids is 1. The van der Waals surface area contributed by atoms with Crippen LogP contribution >= 0.6 is 11.6 Å². The highest BCUT2D eigenvalue weighted by Crippen LogP contribution is 2.25. The van der Waals surface area contributed by atoms with E-state index in [0.717, 1.165) is 37.0 Å². The first-order valence-corrected chi connectivity index (χ1v) is 7.70. The maximum absolute atomic E-state index is 12.4. The van der Waals surface area contributed by atoms with Gasteiger partial charge in [-0.15, -0.1) is 0 Å². The topological polar surface area (TPSA) is 92.4 Å². The molecule has 0 bridgehead atoms. The van der Waals surface area contributed by atoms with E-state index in [9.17, 15) is 14.7 Å². The number of nitrogens with zero attached hydrogens (tertiary/aromatic N) is 1. The van der Waals surface area contributed by atoms with E-state index in [4.69, 9.17) is 16.1 Å². The van der Waals surface area contributed by atoms with E-state index in [1.165, 1.54) is 0 Å². The summed E-state index contributed by atoms with van der Waals surface area (Å²) in [5, 5.41) is 16.2. The molecule has 1 aromatic carbocycles. The molecule has 120 valence electrons. The van der Waals surface area contributed by atoms with Gasteiger partial charge in [0.1, 0.15) is 5.76 Å². The summed E-state index contributed by atoms with van der Waals surface area (Å²) >= 11 is 5.81. The Morgan fingerprint density at radius 3 is 2.61 bits per heavy atom. The lowest BCUT2D eigenvalue weighted by Gasteiger charge is -2.15. The lowest BCUT2D eigenvalue weighted by molar-refractivity contribution is -0.139. The summed E-state index contributed by atoms with van der Waals surface area (Å²) in [7, 11) is 0. The zero-order valence-electron chi connectivity index (χ0n) is 12.2. The quantitative estimate of drug-likeness (QED) is 0.896. The largest absolute Gasteiger partial charge is 0.479 e. The van der Waals surface area contributed by atoms with Gasteiger partial charge in [-0.25, -0.2) is 4.79 Å². The summed E-state index contributed by atoms with van der Waals surface area (Å²) in [6.45, 7) is 0. The number of carbonyl (C=O) groups is 2.